The van der Waals surface area contributed by atoms with Crippen molar-refractivity contribution in [3.05, 3.63) is 77.4 Å². The number of nitrogens with one attached hydrogen (secondary N) is 1. The Labute approximate surface area is 145 Å². The van der Waals surface area contributed by atoms with Crippen molar-refractivity contribution in [1.29, 1.82) is 0 Å². The van der Waals surface area contributed by atoms with Crippen LogP contribution in [0.4, 0.5) is 0 Å². The first kappa shape index (κ1) is 17.8. The molecule has 2 nitrogen and oxygen atoms in total. The second-order valence-corrected chi connectivity index (χ2v) is 5.63. The third-order valence-corrected chi connectivity index (χ3v) is 3.92. The molecule has 1 N–H and O–H groups in total. The minimum Gasteiger partial charge on any atom is -0.497 e. The molecular weight excluding hydrogens is 294 g/mol. The molecule has 124 valence electrons. The lowest BCUT2D eigenvalue weighted by Gasteiger charge is -2.13. The first-order valence-corrected chi connectivity index (χ1v) is 8.35. The molecule has 24 heavy (non-hydrogen) atoms. The van der Waals surface area contributed by atoms with Crippen LogP contribution >= 0.6 is 0 Å². The number of benzene rings is 2. The Morgan fingerprint density at radius 2 is 1.96 bits per heavy atom. The van der Waals surface area contributed by atoms with Crippen molar-refractivity contribution in [3.63, 3.8) is 0 Å². The van der Waals surface area contributed by atoms with Crippen molar-refractivity contribution in [2.24, 2.45) is 0 Å². The molecule has 0 amide bonds. The maximum atomic E-state index is 5.26. The predicted octanol–water partition coefficient (Wildman–Crippen LogP) is 4.52. The molecule has 2 rings (SSSR count). The van der Waals surface area contributed by atoms with E-state index in [9.17, 15) is 0 Å². The fourth-order valence-corrected chi connectivity index (χ4v) is 2.34. The quantitative estimate of drug-likeness (QED) is 0.791. The number of hydrogen-bond acceptors (Lipinski definition) is 2. The Kier molecular flexibility index (Phi) is 7.14. The van der Waals surface area contributed by atoms with Crippen molar-refractivity contribution in [3.8, 4) is 17.6 Å². The van der Waals surface area contributed by atoms with Crippen molar-refractivity contribution in [2.75, 3.05) is 13.7 Å². The molecule has 0 aliphatic rings. The van der Waals surface area contributed by atoms with Gasteiger partial charge < -0.3 is 10.1 Å². The summed E-state index contributed by atoms with van der Waals surface area (Å²) >= 11 is 0. The lowest BCUT2D eigenvalue weighted by Crippen LogP contribution is -2.18. The highest BCUT2D eigenvalue weighted by Gasteiger charge is 2.04. The normalized spacial score (nSPS) is 11.8. The first-order valence-electron chi connectivity index (χ1n) is 8.35. The van der Waals surface area contributed by atoms with E-state index >= 15 is 0 Å². The van der Waals surface area contributed by atoms with Crippen LogP contribution in [-0.2, 0) is 6.42 Å². The first-order chi connectivity index (χ1) is 11.7. The molecule has 0 aromatic heterocycles. The third-order valence-electron chi connectivity index (χ3n) is 3.92. The summed E-state index contributed by atoms with van der Waals surface area (Å²) in [6.45, 7) is 5.08. The summed E-state index contributed by atoms with van der Waals surface area (Å²) in [6, 6.07) is 16.8. The monoisotopic (exact) mass is 319 g/mol. The van der Waals surface area contributed by atoms with Gasteiger partial charge in [-0.25, -0.2) is 0 Å². The van der Waals surface area contributed by atoms with E-state index in [0.29, 0.717) is 0 Å². The van der Waals surface area contributed by atoms with Crippen LogP contribution in [0.15, 0.2) is 60.7 Å². The molecule has 0 radical (unpaired) electrons. The number of ether oxygens (including phenoxy) is 1. The van der Waals surface area contributed by atoms with Gasteiger partial charge in [0.1, 0.15) is 5.75 Å². The van der Waals surface area contributed by atoms with Crippen LogP contribution in [0.25, 0.3) is 0 Å². The Balaban J connectivity index is 1.80. The summed E-state index contributed by atoms with van der Waals surface area (Å²) in [5.41, 5.74) is 3.60. The number of aryl methyl sites for hydroxylation is 1. The largest absolute Gasteiger partial charge is 0.497 e. The summed E-state index contributed by atoms with van der Waals surface area (Å²) in [4.78, 5) is 0. The maximum absolute atomic E-state index is 5.26. The Hall–Kier alpha value is -2.50. The number of allylic oxidation sites excluding steroid dienone is 1. The molecule has 0 saturated carbocycles. The van der Waals surface area contributed by atoms with Crippen molar-refractivity contribution in [2.45, 2.75) is 26.3 Å². The van der Waals surface area contributed by atoms with Gasteiger partial charge in [0.25, 0.3) is 0 Å². The zero-order valence-electron chi connectivity index (χ0n) is 14.7. The molecule has 0 saturated heterocycles. The van der Waals surface area contributed by atoms with Crippen LogP contribution in [0.2, 0.25) is 0 Å². The van der Waals surface area contributed by atoms with Gasteiger partial charge in [0.05, 0.1) is 7.11 Å². The predicted molar refractivity (Wildman–Crippen MR) is 101 cm³/mol. The van der Waals surface area contributed by atoms with E-state index in [0.717, 1.165) is 24.3 Å². The van der Waals surface area contributed by atoms with E-state index in [-0.39, 0.29) is 6.04 Å². The Morgan fingerprint density at radius 1 is 1.17 bits per heavy atom. The molecule has 0 aliphatic heterocycles. The molecule has 0 bridgehead atoms. The van der Waals surface area contributed by atoms with Crippen molar-refractivity contribution < 1.29 is 4.74 Å². The molecule has 0 heterocycles. The average molecular weight is 319 g/mol. The van der Waals surface area contributed by atoms with E-state index in [4.69, 9.17) is 4.74 Å². The molecule has 0 fully saturated rings. The maximum Gasteiger partial charge on any atom is 0.119 e. The van der Waals surface area contributed by atoms with Crippen LogP contribution in [0.3, 0.4) is 0 Å². The molecule has 1 unspecified atom stereocenters. The number of rotatable bonds is 6. The molecule has 2 aromatic rings. The fourth-order valence-electron chi connectivity index (χ4n) is 2.34. The second kappa shape index (κ2) is 9.60. The van der Waals surface area contributed by atoms with Crippen molar-refractivity contribution in [1.82, 2.24) is 5.32 Å². The lowest BCUT2D eigenvalue weighted by atomic mass is 10.1. The summed E-state index contributed by atoms with van der Waals surface area (Å²) in [7, 11) is 1.69. The fraction of sp³-hybridized carbons (Fsp3) is 0.273. The van der Waals surface area contributed by atoms with Crippen LogP contribution in [-0.4, -0.2) is 13.7 Å². The highest BCUT2D eigenvalue weighted by molar-refractivity contribution is 5.38. The Bertz CT molecular complexity index is 720. The SMILES string of the molecule is CCc1ccc(C#C/C=C/CNC(C)c2cccc(OC)c2)cc1. The van der Waals surface area contributed by atoms with Gasteiger partial charge in [0.15, 0.2) is 0 Å². The molecule has 0 aliphatic carbocycles. The molecule has 1 atom stereocenters. The molecule has 2 aromatic carbocycles. The third kappa shape index (κ3) is 5.61. The minimum absolute atomic E-state index is 0.263. The van der Waals surface area contributed by atoms with E-state index in [1.807, 2.05) is 24.3 Å². The highest BCUT2D eigenvalue weighted by atomic mass is 16.5. The number of hydrogen-bond donors (Lipinski definition) is 1. The highest BCUT2D eigenvalue weighted by Crippen LogP contribution is 2.18. The molecule has 2 heteroatoms. The topological polar surface area (TPSA) is 21.3 Å². The standard InChI is InChI=1S/C22H25NO/c1-4-19-12-14-20(15-13-19)9-6-5-7-16-23-18(2)21-10-8-11-22(17-21)24-3/h5,7-8,10-15,17-18,23H,4,16H2,1-3H3/b7-5+. The lowest BCUT2D eigenvalue weighted by molar-refractivity contribution is 0.413. The van der Waals surface area contributed by atoms with Gasteiger partial charge in [-0.1, -0.05) is 49.1 Å². The zero-order valence-corrected chi connectivity index (χ0v) is 14.7. The second-order valence-electron chi connectivity index (χ2n) is 5.63. The summed E-state index contributed by atoms with van der Waals surface area (Å²) < 4.78 is 5.26. The van der Waals surface area contributed by atoms with Crippen molar-refractivity contribution >= 4 is 0 Å². The Morgan fingerprint density at radius 3 is 2.67 bits per heavy atom. The smallest absolute Gasteiger partial charge is 0.119 e. The minimum atomic E-state index is 0.263. The zero-order chi connectivity index (χ0) is 17.2. The van der Waals surface area contributed by atoms with Crippen LogP contribution in [0.1, 0.15) is 36.6 Å². The van der Waals surface area contributed by atoms with Gasteiger partial charge >= 0.3 is 0 Å². The van der Waals surface area contributed by atoms with E-state index in [1.54, 1.807) is 7.11 Å². The van der Waals surface area contributed by atoms with Gasteiger partial charge in [-0.3, -0.25) is 0 Å². The number of methoxy groups -OCH3 is 1. The van der Waals surface area contributed by atoms with Gasteiger partial charge in [0.2, 0.25) is 0 Å². The molecular formula is C22H25NO. The van der Waals surface area contributed by atoms with Gasteiger partial charge in [-0.2, -0.15) is 0 Å². The molecule has 0 spiro atoms. The summed E-state index contributed by atoms with van der Waals surface area (Å²) in [6.07, 6.45) is 5.01. The van der Waals surface area contributed by atoms with Crippen LogP contribution < -0.4 is 10.1 Å². The van der Waals surface area contributed by atoms with Gasteiger partial charge in [-0.15, -0.1) is 0 Å². The van der Waals surface area contributed by atoms with Crippen LogP contribution in [0.5, 0.6) is 5.75 Å². The summed E-state index contributed by atoms with van der Waals surface area (Å²) in [5.74, 6) is 7.12. The summed E-state index contributed by atoms with van der Waals surface area (Å²) in [5, 5.41) is 3.45. The average Bonchev–Trinajstić information content (AvgIpc) is 2.64. The van der Waals surface area contributed by atoms with E-state index in [2.05, 4.69) is 67.4 Å². The van der Waals surface area contributed by atoms with Gasteiger partial charge in [-0.05, 0) is 54.8 Å². The van der Waals surface area contributed by atoms with E-state index < -0.39 is 0 Å². The van der Waals surface area contributed by atoms with E-state index in [1.165, 1.54) is 11.1 Å². The van der Waals surface area contributed by atoms with Gasteiger partial charge in [0, 0.05) is 18.2 Å². The van der Waals surface area contributed by atoms with Crippen LogP contribution in [0, 0.1) is 11.8 Å².